The van der Waals surface area contributed by atoms with Crippen LogP contribution in [-0.4, -0.2) is 42.1 Å². The summed E-state index contributed by atoms with van der Waals surface area (Å²) in [6.07, 6.45) is 7.85. The molecule has 2 unspecified atom stereocenters. The summed E-state index contributed by atoms with van der Waals surface area (Å²) in [5, 5.41) is 0. The Balaban J connectivity index is 1.38. The molecule has 2 heterocycles. The van der Waals surface area contributed by atoms with E-state index in [1.54, 1.807) is 0 Å². The molecule has 2 fully saturated rings. The molecular formula is C32H50BF2NO3. The van der Waals surface area contributed by atoms with Gasteiger partial charge in [-0.1, -0.05) is 40.5 Å². The molecule has 7 heteroatoms. The summed E-state index contributed by atoms with van der Waals surface area (Å²) in [6.45, 7) is 18.8. The number of unbranched alkanes of at least 4 members (excludes halogenated alkanes) is 1. The van der Waals surface area contributed by atoms with Gasteiger partial charge in [0.2, 0.25) is 0 Å². The molecule has 218 valence electrons. The number of likely N-dealkylation sites (tertiary alicyclic amines) is 1. The number of fused-ring (bicyclic) bond motifs is 1. The first-order valence-corrected chi connectivity index (χ1v) is 15.1. The van der Waals surface area contributed by atoms with Crippen molar-refractivity contribution in [3.8, 4) is 0 Å². The van der Waals surface area contributed by atoms with Crippen LogP contribution in [0.15, 0.2) is 12.1 Å². The van der Waals surface area contributed by atoms with Crippen LogP contribution < -0.4 is 0 Å². The van der Waals surface area contributed by atoms with Gasteiger partial charge in [-0.2, -0.15) is 0 Å². The van der Waals surface area contributed by atoms with Crippen molar-refractivity contribution in [1.82, 2.24) is 4.90 Å². The minimum Gasteiger partial charge on any atom is -0.403 e. The van der Waals surface area contributed by atoms with Crippen LogP contribution in [0, 0.1) is 28.4 Å². The molecule has 0 radical (unpaired) electrons. The third kappa shape index (κ3) is 6.62. The maximum Gasteiger partial charge on any atom is 0.457 e. The smallest absolute Gasteiger partial charge is 0.403 e. The fourth-order valence-electron chi connectivity index (χ4n) is 6.95. The zero-order chi connectivity index (χ0) is 28.8. The lowest BCUT2D eigenvalue weighted by molar-refractivity contribution is -0.134. The van der Waals surface area contributed by atoms with Crippen molar-refractivity contribution in [1.29, 1.82) is 0 Å². The molecule has 1 aromatic carbocycles. The minimum absolute atomic E-state index is 0.0470. The van der Waals surface area contributed by atoms with Crippen molar-refractivity contribution in [3.63, 3.8) is 0 Å². The molecule has 4 nitrogen and oxygen atoms in total. The summed E-state index contributed by atoms with van der Waals surface area (Å²) in [5.74, 6) is -0.796. The first-order chi connectivity index (χ1) is 18.0. The van der Waals surface area contributed by atoms with Gasteiger partial charge in [0.05, 0.1) is 11.2 Å². The number of carbonyl (C=O) groups is 1. The Labute approximate surface area is 235 Å². The van der Waals surface area contributed by atoms with E-state index in [0.29, 0.717) is 18.1 Å². The van der Waals surface area contributed by atoms with Gasteiger partial charge in [-0.15, -0.1) is 0 Å². The van der Waals surface area contributed by atoms with E-state index in [1.165, 1.54) is 12.1 Å². The summed E-state index contributed by atoms with van der Waals surface area (Å²) in [4.78, 5) is 16.3. The van der Waals surface area contributed by atoms with Crippen molar-refractivity contribution < 1.29 is 22.9 Å². The number of ketones is 1. The Hall–Kier alpha value is -1.31. The highest BCUT2D eigenvalue weighted by Crippen LogP contribution is 2.46. The highest BCUT2D eigenvalue weighted by Gasteiger charge is 2.50. The van der Waals surface area contributed by atoms with Gasteiger partial charge in [-0.3, -0.25) is 9.69 Å². The number of nitrogens with zero attached hydrogens (tertiary/aromatic N) is 1. The topological polar surface area (TPSA) is 38.8 Å². The van der Waals surface area contributed by atoms with Crippen LogP contribution in [0.2, 0.25) is 6.32 Å². The molecule has 1 aliphatic carbocycles. The highest BCUT2D eigenvalue weighted by molar-refractivity contribution is 6.45. The molecule has 0 saturated carbocycles. The van der Waals surface area contributed by atoms with E-state index in [9.17, 15) is 13.6 Å². The molecule has 0 spiro atoms. The van der Waals surface area contributed by atoms with Crippen molar-refractivity contribution in [2.45, 2.75) is 130 Å². The predicted octanol–water partition coefficient (Wildman–Crippen LogP) is 7.94. The van der Waals surface area contributed by atoms with Gasteiger partial charge in [0.25, 0.3) is 0 Å². The van der Waals surface area contributed by atoms with E-state index in [0.717, 1.165) is 75.5 Å². The van der Waals surface area contributed by atoms with E-state index in [-0.39, 0.29) is 35.2 Å². The third-order valence-corrected chi connectivity index (χ3v) is 10.1. The molecule has 2 aliphatic heterocycles. The molecule has 0 aromatic heterocycles. The highest BCUT2D eigenvalue weighted by atomic mass is 19.2. The van der Waals surface area contributed by atoms with E-state index in [2.05, 4.69) is 60.3 Å². The molecule has 39 heavy (non-hydrogen) atoms. The Morgan fingerprint density at radius 2 is 1.56 bits per heavy atom. The number of piperidine rings is 1. The van der Waals surface area contributed by atoms with Crippen LogP contribution in [0.1, 0.15) is 118 Å². The van der Waals surface area contributed by atoms with Crippen molar-refractivity contribution in [2.24, 2.45) is 16.7 Å². The minimum atomic E-state index is -0.753. The number of carbonyl (C=O) groups excluding carboxylic acids is 1. The molecule has 0 bridgehead atoms. The predicted molar refractivity (Wildman–Crippen MR) is 154 cm³/mol. The van der Waals surface area contributed by atoms with Crippen LogP contribution in [0.5, 0.6) is 0 Å². The summed E-state index contributed by atoms with van der Waals surface area (Å²) in [6, 6.07) is 2.93. The molecule has 0 amide bonds. The number of hydrogen-bond acceptors (Lipinski definition) is 4. The number of benzene rings is 1. The van der Waals surface area contributed by atoms with Crippen molar-refractivity contribution in [3.05, 3.63) is 34.9 Å². The quantitative estimate of drug-likeness (QED) is 0.233. The standard InChI is InChI=1S/C32H50BF2NO3/c1-29(2,3)21-28(37)32(8,15-9-10-16-33-38-30(4,5)31(6,7)39-33)23-13-17-36(18-14-23)27-12-11-22-19-25(34)26(35)20-24(22)27/h19-20,23,27H,9-18,21H2,1-8H3. The zero-order valence-corrected chi connectivity index (χ0v) is 25.6. The van der Waals surface area contributed by atoms with Gasteiger partial charge in [-0.05, 0) is 114 Å². The number of hydrogen-bond donors (Lipinski definition) is 0. The lowest BCUT2D eigenvalue weighted by Gasteiger charge is -2.44. The zero-order valence-electron chi connectivity index (χ0n) is 25.6. The first kappa shape index (κ1) is 30.6. The van der Waals surface area contributed by atoms with Crippen LogP contribution >= 0.6 is 0 Å². The molecule has 0 N–H and O–H groups in total. The van der Waals surface area contributed by atoms with Crippen LogP contribution in [0.3, 0.4) is 0 Å². The summed E-state index contributed by atoms with van der Waals surface area (Å²) in [7, 11) is -0.192. The lowest BCUT2D eigenvalue weighted by atomic mass is 9.64. The monoisotopic (exact) mass is 545 g/mol. The Morgan fingerprint density at radius 3 is 2.15 bits per heavy atom. The van der Waals surface area contributed by atoms with Crippen molar-refractivity contribution in [2.75, 3.05) is 13.1 Å². The van der Waals surface area contributed by atoms with E-state index in [4.69, 9.17) is 9.31 Å². The Morgan fingerprint density at radius 1 is 0.974 bits per heavy atom. The van der Waals surface area contributed by atoms with E-state index in [1.807, 2.05) is 0 Å². The molecule has 3 aliphatic rings. The van der Waals surface area contributed by atoms with Crippen molar-refractivity contribution >= 4 is 12.9 Å². The summed E-state index contributed by atoms with van der Waals surface area (Å²) >= 11 is 0. The second-order valence-corrected chi connectivity index (χ2v) is 14.8. The lowest BCUT2D eigenvalue weighted by Crippen LogP contribution is -2.45. The molecule has 2 saturated heterocycles. The average Bonchev–Trinajstić information content (AvgIpc) is 3.31. The summed E-state index contributed by atoms with van der Waals surface area (Å²) < 4.78 is 40.2. The molecule has 1 aromatic rings. The normalized spacial score (nSPS) is 25.1. The Kier molecular flexibility index (Phi) is 8.78. The fraction of sp³-hybridized carbons (Fsp3) is 0.781. The second kappa shape index (κ2) is 11.2. The van der Waals surface area contributed by atoms with Gasteiger partial charge in [0.1, 0.15) is 5.78 Å². The molecule has 4 rings (SSSR count). The van der Waals surface area contributed by atoms with Crippen LogP contribution in [0.25, 0.3) is 0 Å². The average molecular weight is 546 g/mol. The van der Waals surface area contributed by atoms with Gasteiger partial charge in [0.15, 0.2) is 11.6 Å². The second-order valence-electron chi connectivity index (χ2n) is 14.8. The summed E-state index contributed by atoms with van der Waals surface area (Å²) in [5.41, 5.74) is 0.840. The largest absolute Gasteiger partial charge is 0.457 e. The maximum atomic E-state index is 14.0. The molecular weight excluding hydrogens is 495 g/mol. The van der Waals surface area contributed by atoms with Gasteiger partial charge in [-0.25, -0.2) is 8.78 Å². The van der Waals surface area contributed by atoms with Gasteiger partial charge < -0.3 is 9.31 Å². The number of aryl methyl sites for hydroxylation is 1. The van der Waals surface area contributed by atoms with Gasteiger partial charge in [0, 0.05) is 17.9 Å². The SMILES string of the molecule is CC(C)(C)CC(=O)C(C)(CCCCB1OC(C)(C)C(C)(C)O1)C1CCN(C2CCc3cc(F)c(F)cc32)CC1. The maximum absolute atomic E-state index is 14.0. The molecule has 2 atom stereocenters. The van der Waals surface area contributed by atoms with Crippen LogP contribution in [0.4, 0.5) is 8.78 Å². The first-order valence-electron chi connectivity index (χ1n) is 15.1. The third-order valence-electron chi connectivity index (χ3n) is 10.1. The Bertz CT molecular complexity index is 1030. The van der Waals surface area contributed by atoms with Gasteiger partial charge >= 0.3 is 7.12 Å². The number of rotatable bonds is 9. The number of Topliss-reactive ketones (excluding diaryl/α,β-unsaturated/α-hetero) is 1. The van der Waals surface area contributed by atoms with E-state index < -0.39 is 11.6 Å². The number of halogens is 2. The van der Waals surface area contributed by atoms with E-state index >= 15 is 0 Å². The fourth-order valence-corrected chi connectivity index (χ4v) is 6.95. The van der Waals surface area contributed by atoms with Crippen LogP contribution in [-0.2, 0) is 20.5 Å².